The minimum atomic E-state index is -0.619. The number of carbonyl (C=O) groups is 2. The van der Waals surface area contributed by atoms with Crippen LogP contribution in [0.2, 0.25) is 0 Å². The molecule has 0 bridgehead atoms. The van der Waals surface area contributed by atoms with Crippen LogP contribution in [0.4, 0.5) is 0 Å². The van der Waals surface area contributed by atoms with Gasteiger partial charge in [0, 0.05) is 29.6 Å². The maximum Gasteiger partial charge on any atom is 0.201 e. The van der Waals surface area contributed by atoms with Crippen molar-refractivity contribution in [3.8, 4) is 11.5 Å². The van der Waals surface area contributed by atoms with E-state index in [1.807, 2.05) is 19.1 Å². The van der Waals surface area contributed by atoms with E-state index in [1.54, 1.807) is 19.2 Å². The number of allylic oxidation sites excluding steroid dienone is 4. The van der Waals surface area contributed by atoms with E-state index in [-0.39, 0.29) is 5.78 Å². The molecule has 0 saturated heterocycles. The van der Waals surface area contributed by atoms with Gasteiger partial charge in [0.25, 0.3) is 0 Å². The minimum absolute atomic E-state index is 0.0767. The molecule has 0 radical (unpaired) electrons. The van der Waals surface area contributed by atoms with Crippen molar-refractivity contribution in [2.75, 3.05) is 13.7 Å². The first-order valence-electron chi connectivity index (χ1n) is 7.51. The summed E-state index contributed by atoms with van der Waals surface area (Å²) in [4.78, 5) is 23.1. The lowest BCUT2D eigenvalue weighted by Gasteiger charge is -2.40. The van der Waals surface area contributed by atoms with Crippen LogP contribution in [0.25, 0.3) is 0 Å². The zero-order valence-electron chi connectivity index (χ0n) is 13.1. The number of ether oxygens (including phenoxy) is 3. The highest BCUT2D eigenvalue weighted by Gasteiger charge is 2.43. The minimum Gasteiger partial charge on any atom is -0.493 e. The van der Waals surface area contributed by atoms with E-state index in [9.17, 15) is 9.59 Å². The third kappa shape index (κ3) is 2.57. The van der Waals surface area contributed by atoms with Crippen LogP contribution in [-0.4, -0.2) is 32.1 Å². The molecule has 1 heterocycles. The molecule has 0 N–H and O–H groups in total. The molecule has 1 aromatic carbocycles. The zero-order chi connectivity index (χ0) is 16.4. The van der Waals surface area contributed by atoms with E-state index >= 15 is 0 Å². The SMILES string of the molecule is CCO[C@H]1CC2(C=CC(=O)C=C2)c2c(C=O)ccc(OC)c2O1. The Kier molecular flexibility index (Phi) is 4.05. The number of aldehydes is 1. The highest BCUT2D eigenvalue weighted by atomic mass is 16.7. The topological polar surface area (TPSA) is 61.8 Å². The van der Waals surface area contributed by atoms with Gasteiger partial charge in [0.15, 0.2) is 23.6 Å². The predicted molar refractivity (Wildman–Crippen MR) is 84.0 cm³/mol. The van der Waals surface area contributed by atoms with Gasteiger partial charge in [0.2, 0.25) is 6.29 Å². The number of fused-ring (bicyclic) bond motifs is 2. The third-order valence-electron chi connectivity index (χ3n) is 4.16. The number of hydrogen-bond acceptors (Lipinski definition) is 5. The standard InChI is InChI=1S/C18H18O5/c1-3-22-15-10-18(8-6-13(20)7-9-18)16-12(11-19)4-5-14(21-2)17(16)23-15/h4-9,11,15H,3,10H2,1-2H3/t15-/m1/s1. The maximum absolute atomic E-state index is 11.6. The molecular weight excluding hydrogens is 296 g/mol. The maximum atomic E-state index is 11.6. The highest BCUT2D eigenvalue weighted by molar-refractivity contribution is 6.01. The molecular formula is C18H18O5. The van der Waals surface area contributed by atoms with Crippen molar-refractivity contribution >= 4 is 12.1 Å². The second-order valence-corrected chi connectivity index (χ2v) is 5.50. The second kappa shape index (κ2) is 6.01. The Hall–Kier alpha value is -2.40. The molecule has 3 rings (SSSR count). The van der Waals surface area contributed by atoms with Crippen LogP contribution in [0.5, 0.6) is 11.5 Å². The van der Waals surface area contributed by atoms with E-state index in [0.29, 0.717) is 35.7 Å². The smallest absolute Gasteiger partial charge is 0.201 e. The van der Waals surface area contributed by atoms with E-state index in [2.05, 4.69) is 0 Å². The number of ketones is 1. The summed E-state index contributed by atoms with van der Waals surface area (Å²) in [6, 6.07) is 3.40. The van der Waals surface area contributed by atoms with Gasteiger partial charge in [0.05, 0.1) is 7.11 Å². The second-order valence-electron chi connectivity index (χ2n) is 5.50. The van der Waals surface area contributed by atoms with E-state index < -0.39 is 11.7 Å². The Balaban J connectivity index is 2.23. The van der Waals surface area contributed by atoms with Crippen molar-refractivity contribution in [3.63, 3.8) is 0 Å². The van der Waals surface area contributed by atoms with Crippen molar-refractivity contribution in [3.05, 3.63) is 47.6 Å². The van der Waals surface area contributed by atoms with Gasteiger partial charge < -0.3 is 14.2 Å². The third-order valence-corrected chi connectivity index (χ3v) is 4.16. The summed E-state index contributed by atoms with van der Waals surface area (Å²) in [5.74, 6) is 0.950. The molecule has 1 atom stereocenters. The molecule has 23 heavy (non-hydrogen) atoms. The van der Waals surface area contributed by atoms with Gasteiger partial charge in [-0.2, -0.15) is 0 Å². The predicted octanol–water partition coefficient (Wildman–Crippen LogP) is 2.59. The molecule has 5 nitrogen and oxygen atoms in total. The largest absolute Gasteiger partial charge is 0.493 e. The summed E-state index contributed by atoms with van der Waals surface area (Å²) in [7, 11) is 1.55. The van der Waals surface area contributed by atoms with Crippen LogP contribution in [0, 0.1) is 0 Å². The first kappa shape index (κ1) is 15.5. The van der Waals surface area contributed by atoms with E-state index in [0.717, 1.165) is 6.29 Å². The van der Waals surface area contributed by atoms with Crippen molar-refractivity contribution in [1.29, 1.82) is 0 Å². The van der Waals surface area contributed by atoms with Gasteiger partial charge in [-0.1, -0.05) is 12.2 Å². The average Bonchev–Trinajstić information content (AvgIpc) is 2.57. The molecule has 5 heteroatoms. The number of carbonyl (C=O) groups excluding carboxylic acids is 2. The van der Waals surface area contributed by atoms with Crippen LogP contribution in [0.3, 0.4) is 0 Å². The van der Waals surface area contributed by atoms with Gasteiger partial charge in [-0.05, 0) is 31.2 Å². The van der Waals surface area contributed by atoms with Crippen LogP contribution < -0.4 is 9.47 Å². The van der Waals surface area contributed by atoms with Crippen LogP contribution in [-0.2, 0) is 14.9 Å². The quantitative estimate of drug-likeness (QED) is 0.799. The lowest BCUT2D eigenvalue weighted by atomic mass is 9.71. The fourth-order valence-electron chi connectivity index (χ4n) is 3.14. The Morgan fingerprint density at radius 3 is 2.70 bits per heavy atom. The Morgan fingerprint density at radius 1 is 1.35 bits per heavy atom. The number of methoxy groups -OCH3 is 1. The van der Waals surface area contributed by atoms with Gasteiger partial charge >= 0.3 is 0 Å². The fourth-order valence-corrected chi connectivity index (χ4v) is 3.14. The Bertz CT molecular complexity index is 686. The van der Waals surface area contributed by atoms with Crippen LogP contribution >= 0.6 is 0 Å². The molecule has 0 saturated carbocycles. The molecule has 120 valence electrons. The summed E-state index contributed by atoms with van der Waals surface area (Å²) in [6.07, 6.45) is 7.47. The molecule has 2 aliphatic rings. The fraction of sp³-hybridized carbons (Fsp3) is 0.333. The monoisotopic (exact) mass is 314 g/mol. The highest BCUT2D eigenvalue weighted by Crippen LogP contribution is 2.49. The van der Waals surface area contributed by atoms with Gasteiger partial charge in [0.1, 0.15) is 0 Å². The van der Waals surface area contributed by atoms with E-state index in [1.165, 1.54) is 12.2 Å². The first-order valence-corrected chi connectivity index (χ1v) is 7.51. The molecule has 0 aromatic heterocycles. The van der Waals surface area contributed by atoms with Gasteiger partial charge in [-0.15, -0.1) is 0 Å². The van der Waals surface area contributed by atoms with Crippen molar-refractivity contribution in [1.82, 2.24) is 0 Å². The van der Waals surface area contributed by atoms with Gasteiger partial charge in [-0.3, -0.25) is 9.59 Å². The Morgan fingerprint density at radius 2 is 2.09 bits per heavy atom. The molecule has 0 amide bonds. The lowest BCUT2D eigenvalue weighted by molar-refractivity contribution is -0.111. The lowest BCUT2D eigenvalue weighted by Crippen LogP contribution is -2.39. The molecule has 1 aromatic rings. The van der Waals surface area contributed by atoms with Crippen molar-refractivity contribution < 1.29 is 23.8 Å². The summed E-state index contributed by atoms with van der Waals surface area (Å²) >= 11 is 0. The van der Waals surface area contributed by atoms with E-state index in [4.69, 9.17) is 14.2 Å². The zero-order valence-corrected chi connectivity index (χ0v) is 13.1. The summed E-state index contributed by atoms with van der Waals surface area (Å²) in [5.41, 5.74) is 0.605. The summed E-state index contributed by atoms with van der Waals surface area (Å²) < 4.78 is 17.0. The first-order chi connectivity index (χ1) is 11.1. The molecule has 0 fully saturated rings. The number of rotatable bonds is 4. The molecule has 1 aliphatic carbocycles. The summed E-state index contributed by atoms with van der Waals surface area (Å²) in [6.45, 7) is 2.39. The molecule has 0 unspecified atom stereocenters. The Labute approximate surface area is 134 Å². The van der Waals surface area contributed by atoms with Crippen molar-refractivity contribution in [2.24, 2.45) is 0 Å². The van der Waals surface area contributed by atoms with Crippen LogP contribution in [0.1, 0.15) is 29.3 Å². The average molecular weight is 314 g/mol. The normalized spacial score (nSPS) is 21.0. The summed E-state index contributed by atoms with van der Waals surface area (Å²) in [5, 5.41) is 0. The number of hydrogen-bond donors (Lipinski definition) is 0. The van der Waals surface area contributed by atoms with Crippen molar-refractivity contribution in [2.45, 2.75) is 25.0 Å². The molecule has 1 spiro atoms. The molecule has 1 aliphatic heterocycles. The van der Waals surface area contributed by atoms with Crippen LogP contribution in [0.15, 0.2) is 36.4 Å². The van der Waals surface area contributed by atoms with Gasteiger partial charge in [-0.25, -0.2) is 0 Å². The number of benzene rings is 1.